The van der Waals surface area contributed by atoms with Crippen molar-refractivity contribution in [1.29, 1.82) is 0 Å². The molecule has 2 aromatic heterocycles. The molecule has 1 aliphatic carbocycles. The van der Waals surface area contributed by atoms with Crippen molar-refractivity contribution in [3.8, 4) is 0 Å². The van der Waals surface area contributed by atoms with Crippen molar-refractivity contribution in [2.24, 2.45) is 0 Å². The van der Waals surface area contributed by atoms with Gasteiger partial charge in [0.15, 0.2) is 0 Å². The number of thiophene rings is 1. The fourth-order valence-corrected chi connectivity index (χ4v) is 4.39. The van der Waals surface area contributed by atoms with E-state index >= 15 is 0 Å². The molecular weight excluding hydrogens is 330 g/mol. The molecule has 0 saturated heterocycles. The Hall–Kier alpha value is -2.40. The lowest BCUT2D eigenvalue weighted by atomic mass is 9.95. The van der Waals surface area contributed by atoms with Crippen molar-refractivity contribution in [3.63, 3.8) is 0 Å². The Balaban J connectivity index is 1.72. The van der Waals surface area contributed by atoms with Gasteiger partial charge >= 0.3 is 0 Å². The van der Waals surface area contributed by atoms with Gasteiger partial charge in [-0.25, -0.2) is 4.98 Å². The highest BCUT2D eigenvalue weighted by Gasteiger charge is 2.21. The van der Waals surface area contributed by atoms with Gasteiger partial charge in [-0.2, -0.15) is 0 Å². The lowest BCUT2D eigenvalue weighted by molar-refractivity contribution is 0.103. The third-order valence-electron chi connectivity index (χ3n) is 5.06. The summed E-state index contributed by atoms with van der Waals surface area (Å²) in [6.45, 7) is 4.04. The number of amides is 1. The molecule has 0 radical (unpaired) electrons. The molecule has 1 aliphatic rings. The van der Waals surface area contributed by atoms with Crippen molar-refractivity contribution in [1.82, 2.24) is 4.98 Å². The SMILES string of the molecule is Cc1cccc(NC(=O)c2sc3nc4c(cc3c2N)CCCC4)c1C. The zero-order valence-electron chi connectivity index (χ0n) is 14.5. The predicted octanol–water partition coefficient (Wildman–Crippen LogP) is 4.63. The Morgan fingerprint density at radius 2 is 2.04 bits per heavy atom. The summed E-state index contributed by atoms with van der Waals surface area (Å²) in [5.74, 6) is -0.160. The summed E-state index contributed by atoms with van der Waals surface area (Å²) in [5.41, 5.74) is 12.4. The lowest BCUT2D eigenvalue weighted by Gasteiger charge is -2.14. The Morgan fingerprint density at radius 1 is 1.24 bits per heavy atom. The number of rotatable bonds is 2. The molecule has 4 rings (SSSR count). The number of nitrogens with one attached hydrogen (secondary N) is 1. The third kappa shape index (κ3) is 2.78. The van der Waals surface area contributed by atoms with Crippen LogP contribution in [0.4, 0.5) is 11.4 Å². The summed E-state index contributed by atoms with van der Waals surface area (Å²) in [5, 5.41) is 3.92. The van der Waals surface area contributed by atoms with Crippen LogP contribution in [0, 0.1) is 13.8 Å². The zero-order valence-corrected chi connectivity index (χ0v) is 15.3. The molecule has 3 N–H and O–H groups in total. The second-order valence-electron chi connectivity index (χ2n) is 6.70. The number of benzene rings is 1. The van der Waals surface area contributed by atoms with Gasteiger partial charge in [-0.15, -0.1) is 11.3 Å². The molecule has 25 heavy (non-hydrogen) atoms. The third-order valence-corrected chi connectivity index (χ3v) is 6.17. The fraction of sp³-hybridized carbons (Fsp3) is 0.300. The van der Waals surface area contributed by atoms with E-state index in [0.717, 1.165) is 39.9 Å². The molecule has 0 fully saturated rings. The van der Waals surface area contributed by atoms with Crippen molar-refractivity contribution < 1.29 is 4.79 Å². The molecule has 4 nitrogen and oxygen atoms in total. The van der Waals surface area contributed by atoms with Gasteiger partial charge < -0.3 is 11.1 Å². The first-order valence-corrected chi connectivity index (χ1v) is 9.44. The standard InChI is InChI=1S/C20H21N3OS/c1-11-6-5-9-15(12(11)2)22-19(24)18-17(21)14-10-13-7-3-4-8-16(13)23-20(14)25-18/h5-6,9-10H,3-4,7-8,21H2,1-2H3,(H,22,24). The van der Waals surface area contributed by atoms with Crippen LogP contribution in [0.25, 0.3) is 10.2 Å². The minimum absolute atomic E-state index is 0.160. The van der Waals surface area contributed by atoms with Gasteiger partial charge in [0.2, 0.25) is 0 Å². The first kappa shape index (κ1) is 16.1. The van der Waals surface area contributed by atoms with E-state index in [0.29, 0.717) is 10.6 Å². The number of carbonyl (C=O) groups excluding carboxylic acids is 1. The molecule has 0 unspecified atom stereocenters. The number of aromatic nitrogens is 1. The molecular formula is C20H21N3OS. The van der Waals surface area contributed by atoms with Gasteiger partial charge in [-0.05, 0) is 68.4 Å². The molecule has 0 spiro atoms. The van der Waals surface area contributed by atoms with Crippen LogP contribution in [0.1, 0.15) is 44.9 Å². The Bertz CT molecular complexity index is 990. The fourth-order valence-electron chi connectivity index (χ4n) is 3.39. The molecule has 2 heterocycles. The summed E-state index contributed by atoms with van der Waals surface area (Å²) < 4.78 is 0. The highest BCUT2D eigenvalue weighted by atomic mass is 32.1. The van der Waals surface area contributed by atoms with E-state index in [1.807, 2.05) is 32.0 Å². The number of hydrogen-bond donors (Lipinski definition) is 2. The van der Waals surface area contributed by atoms with E-state index in [-0.39, 0.29) is 5.91 Å². The molecule has 3 aromatic rings. The summed E-state index contributed by atoms with van der Waals surface area (Å²) in [4.78, 5) is 19.0. The van der Waals surface area contributed by atoms with Gasteiger partial charge in [0.25, 0.3) is 5.91 Å². The maximum atomic E-state index is 12.8. The van der Waals surface area contributed by atoms with E-state index in [9.17, 15) is 4.79 Å². The first-order chi connectivity index (χ1) is 12.0. The minimum Gasteiger partial charge on any atom is -0.397 e. The summed E-state index contributed by atoms with van der Waals surface area (Å²) in [6.07, 6.45) is 4.46. The van der Waals surface area contributed by atoms with E-state index in [1.54, 1.807) is 0 Å². The lowest BCUT2D eigenvalue weighted by Crippen LogP contribution is -2.13. The number of nitrogen functional groups attached to an aromatic ring is 1. The number of fused-ring (bicyclic) bond motifs is 2. The maximum absolute atomic E-state index is 12.8. The molecule has 0 aliphatic heterocycles. The average Bonchev–Trinajstić information content (AvgIpc) is 2.93. The second kappa shape index (κ2) is 6.15. The second-order valence-corrected chi connectivity index (χ2v) is 7.70. The Morgan fingerprint density at radius 3 is 2.88 bits per heavy atom. The normalized spacial score (nSPS) is 13.7. The first-order valence-electron chi connectivity index (χ1n) is 8.63. The van der Waals surface area contributed by atoms with Gasteiger partial charge in [0.1, 0.15) is 9.71 Å². The van der Waals surface area contributed by atoms with Crippen LogP contribution in [0.3, 0.4) is 0 Å². The van der Waals surface area contributed by atoms with Crippen molar-refractivity contribution in [2.45, 2.75) is 39.5 Å². The Kier molecular flexibility index (Phi) is 3.96. The van der Waals surface area contributed by atoms with E-state index < -0.39 is 0 Å². The quantitative estimate of drug-likeness (QED) is 0.707. The van der Waals surface area contributed by atoms with Crippen molar-refractivity contribution in [2.75, 3.05) is 11.1 Å². The molecule has 5 heteroatoms. The van der Waals surface area contributed by atoms with Gasteiger partial charge in [0.05, 0.1) is 5.69 Å². The van der Waals surface area contributed by atoms with Crippen LogP contribution < -0.4 is 11.1 Å². The maximum Gasteiger partial charge on any atom is 0.267 e. The van der Waals surface area contributed by atoms with Crippen LogP contribution in [0.2, 0.25) is 0 Å². The summed E-state index contributed by atoms with van der Waals surface area (Å²) in [6, 6.07) is 8.03. The molecule has 0 saturated carbocycles. The van der Waals surface area contributed by atoms with Gasteiger partial charge in [-0.1, -0.05) is 12.1 Å². The number of hydrogen-bond acceptors (Lipinski definition) is 4. The molecule has 128 valence electrons. The molecule has 0 bridgehead atoms. The number of aryl methyl sites for hydroxylation is 3. The summed E-state index contributed by atoms with van der Waals surface area (Å²) in [7, 11) is 0. The van der Waals surface area contributed by atoms with Crippen LogP contribution >= 0.6 is 11.3 Å². The van der Waals surface area contributed by atoms with E-state index in [2.05, 4.69) is 11.4 Å². The van der Waals surface area contributed by atoms with Crippen LogP contribution in [0.5, 0.6) is 0 Å². The van der Waals surface area contributed by atoms with E-state index in [1.165, 1.54) is 35.4 Å². The highest BCUT2D eigenvalue weighted by molar-refractivity contribution is 7.21. The van der Waals surface area contributed by atoms with Gasteiger partial charge in [0, 0.05) is 16.8 Å². The molecule has 0 atom stereocenters. The number of carbonyl (C=O) groups is 1. The van der Waals surface area contributed by atoms with Crippen LogP contribution in [-0.4, -0.2) is 10.9 Å². The number of pyridine rings is 1. The zero-order chi connectivity index (χ0) is 17.6. The van der Waals surface area contributed by atoms with Crippen molar-refractivity contribution >= 4 is 38.8 Å². The van der Waals surface area contributed by atoms with Gasteiger partial charge in [-0.3, -0.25) is 4.79 Å². The number of nitrogens with zero attached hydrogens (tertiary/aromatic N) is 1. The minimum atomic E-state index is -0.160. The smallest absolute Gasteiger partial charge is 0.267 e. The van der Waals surface area contributed by atoms with Crippen LogP contribution in [-0.2, 0) is 12.8 Å². The van der Waals surface area contributed by atoms with Crippen LogP contribution in [0.15, 0.2) is 24.3 Å². The van der Waals surface area contributed by atoms with Crippen molar-refractivity contribution in [3.05, 3.63) is 51.5 Å². The average molecular weight is 351 g/mol. The number of nitrogens with two attached hydrogens (primary N) is 1. The number of anilines is 2. The highest BCUT2D eigenvalue weighted by Crippen LogP contribution is 2.36. The predicted molar refractivity (Wildman–Crippen MR) is 105 cm³/mol. The molecule has 1 amide bonds. The summed E-state index contributed by atoms with van der Waals surface area (Å²) >= 11 is 1.39. The Labute approximate surface area is 151 Å². The molecule has 1 aromatic carbocycles. The van der Waals surface area contributed by atoms with E-state index in [4.69, 9.17) is 10.7 Å². The largest absolute Gasteiger partial charge is 0.397 e. The monoisotopic (exact) mass is 351 g/mol. The topological polar surface area (TPSA) is 68.0 Å².